The van der Waals surface area contributed by atoms with Crippen LogP contribution in [0, 0.1) is 17.0 Å². The van der Waals surface area contributed by atoms with Gasteiger partial charge in [0, 0.05) is 12.1 Å². The number of aliphatic hydroxyl groups excluding tert-OH is 1. The van der Waals surface area contributed by atoms with E-state index in [0.29, 0.717) is 0 Å². The fourth-order valence-corrected chi connectivity index (χ4v) is 1.76. The van der Waals surface area contributed by atoms with Gasteiger partial charge in [-0.15, -0.1) is 0 Å². The fraction of sp³-hybridized carbons (Fsp3) is 0.455. The molecule has 0 spiro atoms. The van der Waals surface area contributed by atoms with E-state index < -0.39 is 24.3 Å². The van der Waals surface area contributed by atoms with E-state index in [1.54, 1.807) is 0 Å². The molecule has 5 nitrogen and oxygen atoms in total. The average molecular weight is 278 g/mol. The van der Waals surface area contributed by atoms with Crippen LogP contribution < -0.4 is 4.90 Å². The van der Waals surface area contributed by atoms with Crippen LogP contribution in [0.2, 0.25) is 0 Å². The Labute approximate surface area is 107 Å². The van der Waals surface area contributed by atoms with Crippen LogP contribution in [0.4, 0.5) is 24.5 Å². The Kier molecular flexibility index (Phi) is 4.71. The van der Waals surface area contributed by atoms with Crippen molar-refractivity contribution in [2.45, 2.75) is 13.1 Å². The minimum absolute atomic E-state index is 0.142. The smallest absolute Gasteiger partial charge is 0.395 e. The van der Waals surface area contributed by atoms with Crippen LogP contribution in [0.5, 0.6) is 0 Å². The second-order valence-corrected chi connectivity index (χ2v) is 3.96. The van der Waals surface area contributed by atoms with Gasteiger partial charge in [-0.2, -0.15) is 13.2 Å². The summed E-state index contributed by atoms with van der Waals surface area (Å²) in [6.07, 6.45) is -4.51. The van der Waals surface area contributed by atoms with Gasteiger partial charge in [-0.25, -0.2) is 0 Å². The normalized spacial score (nSPS) is 11.4. The monoisotopic (exact) mass is 278 g/mol. The fourth-order valence-electron chi connectivity index (χ4n) is 1.76. The molecule has 0 unspecified atom stereocenters. The van der Waals surface area contributed by atoms with Crippen molar-refractivity contribution in [3.63, 3.8) is 0 Å². The summed E-state index contributed by atoms with van der Waals surface area (Å²) in [6.45, 7) is -0.755. The molecule has 0 heterocycles. The van der Waals surface area contributed by atoms with E-state index in [4.69, 9.17) is 5.11 Å². The Morgan fingerprint density at radius 1 is 1.42 bits per heavy atom. The molecule has 0 aliphatic rings. The molecule has 1 aromatic carbocycles. The first-order valence-electron chi connectivity index (χ1n) is 5.43. The van der Waals surface area contributed by atoms with Crippen LogP contribution in [0.25, 0.3) is 0 Å². The van der Waals surface area contributed by atoms with E-state index in [0.717, 1.165) is 4.90 Å². The van der Waals surface area contributed by atoms with Crippen LogP contribution in [0.15, 0.2) is 18.2 Å². The lowest BCUT2D eigenvalue weighted by molar-refractivity contribution is -0.384. The maximum absolute atomic E-state index is 12.5. The van der Waals surface area contributed by atoms with Crippen molar-refractivity contribution in [1.29, 1.82) is 0 Å². The third kappa shape index (κ3) is 4.09. The highest BCUT2D eigenvalue weighted by atomic mass is 19.4. The predicted octanol–water partition coefficient (Wildman–Crippen LogP) is 2.26. The van der Waals surface area contributed by atoms with Crippen molar-refractivity contribution in [1.82, 2.24) is 0 Å². The number of alkyl halides is 3. The Balaban J connectivity index is 3.22. The molecular formula is C11H13F3N2O3. The zero-order valence-corrected chi connectivity index (χ0v) is 10.1. The van der Waals surface area contributed by atoms with Crippen LogP contribution in [0.3, 0.4) is 0 Å². The van der Waals surface area contributed by atoms with Crippen molar-refractivity contribution in [3.05, 3.63) is 33.9 Å². The molecule has 106 valence electrons. The highest BCUT2D eigenvalue weighted by Crippen LogP contribution is 2.32. The van der Waals surface area contributed by atoms with E-state index in [2.05, 4.69) is 0 Å². The van der Waals surface area contributed by atoms with Crippen molar-refractivity contribution in [2.75, 3.05) is 24.6 Å². The first-order chi connectivity index (χ1) is 8.76. The molecule has 0 aliphatic heterocycles. The maximum atomic E-state index is 12.5. The number of nitro benzene ring substituents is 1. The van der Waals surface area contributed by atoms with Gasteiger partial charge in [-0.05, 0) is 13.0 Å². The van der Waals surface area contributed by atoms with Gasteiger partial charge in [0.2, 0.25) is 0 Å². The molecule has 1 aromatic rings. The summed E-state index contributed by atoms with van der Waals surface area (Å²) in [5.41, 5.74) is -0.246. The summed E-state index contributed by atoms with van der Waals surface area (Å²) in [5.74, 6) is 0. The highest BCUT2D eigenvalue weighted by molar-refractivity contribution is 5.66. The van der Waals surface area contributed by atoms with Gasteiger partial charge >= 0.3 is 6.18 Å². The van der Waals surface area contributed by atoms with Gasteiger partial charge in [0.25, 0.3) is 5.69 Å². The molecule has 0 fully saturated rings. The van der Waals surface area contributed by atoms with Gasteiger partial charge in [-0.1, -0.05) is 12.1 Å². The summed E-state index contributed by atoms with van der Waals surface area (Å²) < 4.78 is 37.4. The molecule has 0 aromatic heterocycles. The Hall–Kier alpha value is -1.83. The number of halogens is 3. The standard InChI is InChI=1S/C11H13F3N2O3/c1-8-3-2-4-9(10(8)16(18)19)15(5-6-17)7-11(12,13)14/h2-4,17H,5-7H2,1H3. The minimum Gasteiger partial charge on any atom is -0.395 e. The van der Waals surface area contributed by atoms with E-state index in [-0.39, 0.29) is 23.5 Å². The Morgan fingerprint density at radius 3 is 2.53 bits per heavy atom. The second-order valence-electron chi connectivity index (χ2n) is 3.96. The third-order valence-electron chi connectivity index (χ3n) is 2.48. The van der Waals surface area contributed by atoms with Crippen LogP contribution >= 0.6 is 0 Å². The van der Waals surface area contributed by atoms with E-state index in [1.807, 2.05) is 0 Å². The molecule has 0 amide bonds. The average Bonchev–Trinajstić information content (AvgIpc) is 2.25. The summed E-state index contributed by atoms with van der Waals surface area (Å²) in [5, 5.41) is 19.8. The third-order valence-corrected chi connectivity index (χ3v) is 2.48. The topological polar surface area (TPSA) is 66.6 Å². The number of nitrogens with zero attached hydrogens (tertiary/aromatic N) is 2. The van der Waals surface area contributed by atoms with E-state index >= 15 is 0 Å². The lowest BCUT2D eigenvalue weighted by atomic mass is 10.1. The Morgan fingerprint density at radius 2 is 2.05 bits per heavy atom. The largest absolute Gasteiger partial charge is 0.405 e. The van der Waals surface area contributed by atoms with Crippen molar-refractivity contribution in [2.24, 2.45) is 0 Å². The first-order valence-corrected chi connectivity index (χ1v) is 5.43. The number of benzene rings is 1. The molecule has 0 saturated carbocycles. The molecule has 19 heavy (non-hydrogen) atoms. The molecule has 0 radical (unpaired) electrons. The minimum atomic E-state index is -4.51. The lowest BCUT2D eigenvalue weighted by Gasteiger charge is -2.25. The zero-order valence-electron chi connectivity index (χ0n) is 10.1. The summed E-state index contributed by atoms with van der Waals surface area (Å²) in [4.78, 5) is 11.0. The number of aliphatic hydroxyl groups is 1. The lowest BCUT2D eigenvalue weighted by Crippen LogP contribution is -2.36. The van der Waals surface area contributed by atoms with E-state index in [9.17, 15) is 23.3 Å². The van der Waals surface area contributed by atoms with Gasteiger partial charge in [0.05, 0.1) is 11.5 Å². The number of anilines is 1. The quantitative estimate of drug-likeness (QED) is 0.662. The molecule has 0 aliphatic carbocycles. The van der Waals surface area contributed by atoms with Gasteiger partial charge in [-0.3, -0.25) is 10.1 Å². The number of para-hydroxylation sites is 1. The summed E-state index contributed by atoms with van der Waals surface area (Å²) >= 11 is 0. The molecule has 0 saturated heterocycles. The molecule has 1 N–H and O–H groups in total. The molecule has 8 heteroatoms. The molecule has 0 bridgehead atoms. The zero-order chi connectivity index (χ0) is 14.6. The molecule has 1 rings (SSSR count). The van der Waals surface area contributed by atoms with Crippen LogP contribution in [0.1, 0.15) is 5.56 Å². The SMILES string of the molecule is Cc1cccc(N(CCO)CC(F)(F)F)c1[N+](=O)[O-]. The maximum Gasteiger partial charge on any atom is 0.405 e. The number of hydrogen-bond donors (Lipinski definition) is 1. The summed E-state index contributed by atoms with van der Waals surface area (Å²) in [7, 11) is 0. The number of nitro groups is 1. The van der Waals surface area contributed by atoms with Gasteiger partial charge in [0.15, 0.2) is 0 Å². The number of aryl methyl sites for hydroxylation is 1. The van der Waals surface area contributed by atoms with Crippen LogP contribution in [-0.2, 0) is 0 Å². The number of hydrogen-bond acceptors (Lipinski definition) is 4. The van der Waals surface area contributed by atoms with Gasteiger partial charge in [0.1, 0.15) is 12.2 Å². The Bertz CT molecular complexity index is 463. The van der Waals surface area contributed by atoms with Crippen molar-refractivity contribution in [3.8, 4) is 0 Å². The molecule has 0 atom stereocenters. The summed E-state index contributed by atoms with van der Waals surface area (Å²) in [6, 6.07) is 4.14. The second kappa shape index (κ2) is 5.87. The highest BCUT2D eigenvalue weighted by Gasteiger charge is 2.33. The molecular weight excluding hydrogens is 265 g/mol. The number of rotatable bonds is 5. The van der Waals surface area contributed by atoms with Gasteiger partial charge < -0.3 is 10.0 Å². The predicted molar refractivity (Wildman–Crippen MR) is 63.2 cm³/mol. The van der Waals surface area contributed by atoms with Crippen molar-refractivity contribution >= 4 is 11.4 Å². The van der Waals surface area contributed by atoms with E-state index in [1.165, 1.54) is 25.1 Å². The van der Waals surface area contributed by atoms with Crippen molar-refractivity contribution < 1.29 is 23.2 Å². The van der Waals surface area contributed by atoms with Crippen LogP contribution in [-0.4, -0.2) is 35.9 Å². The first kappa shape index (κ1) is 15.2.